The SMILES string of the molecule is N=C(C(=O)c1ccco1)c1ccco1. The van der Waals surface area contributed by atoms with Gasteiger partial charge in [-0.05, 0) is 24.3 Å². The Bertz CT molecular complexity index is 395. The van der Waals surface area contributed by atoms with E-state index >= 15 is 0 Å². The van der Waals surface area contributed by atoms with Gasteiger partial charge in [0.05, 0.1) is 12.5 Å². The van der Waals surface area contributed by atoms with Gasteiger partial charge in [-0.15, -0.1) is 0 Å². The molecule has 0 aliphatic carbocycles. The van der Waals surface area contributed by atoms with Gasteiger partial charge in [0.25, 0.3) is 0 Å². The number of hydrogen-bond acceptors (Lipinski definition) is 4. The smallest absolute Gasteiger partial charge is 0.249 e. The highest BCUT2D eigenvalue weighted by Gasteiger charge is 2.18. The predicted molar refractivity (Wildman–Crippen MR) is 48.6 cm³/mol. The lowest BCUT2D eigenvalue weighted by atomic mass is 10.1. The summed E-state index contributed by atoms with van der Waals surface area (Å²) in [6.07, 6.45) is 2.81. The fourth-order valence-corrected chi connectivity index (χ4v) is 1.06. The monoisotopic (exact) mass is 189 g/mol. The average molecular weight is 189 g/mol. The molecule has 0 unspecified atom stereocenters. The van der Waals surface area contributed by atoms with E-state index in [1.165, 1.54) is 18.6 Å². The molecule has 0 amide bonds. The second-order valence-corrected chi connectivity index (χ2v) is 2.66. The zero-order valence-corrected chi connectivity index (χ0v) is 7.19. The van der Waals surface area contributed by atoms with Gasteiger partial charge in [-0.1, -0.05) is 0 Å². The Morgan fingerprint density at radius 2 is 1.64 bits per heavy atom. The van der Waals surface area contributed by atoms with Gasteiger partial charge in [0.15, 0.2) is 11.5 Å². The van der Waals surface area contributed by atoms with Gasteiger partial charge in [-0.2, -0.15) is 0 Å². The standard InChI is InChI=1S/C10H7NO3/c11-9(7-3-1-5-13-7)10(12)8-4-2-6-14-8/h1-6,11H. The molecular formula is C10H7NO3. The molecule has 0 aliphatic rings. The maximum absolute atomic E-state index is 11.5. The molecule has 0 aliphatic heterocycles. The third kappa shape index (κ3) is 1.37. The Hall–Kier alpha value is -2.10. The van der Waals surface area contributed by atoms with Crippen LogP contribution in [0.5, 0.6) is 0 Å². The second kappa shape index (κ2) is 3.33. The van der Waals surface area contributed by atoms with Gasteiger partial charge in [0.2, 0.25) is 5.78 Å². The Kier molecular flexibility index (Phi) is 2.02. The zero-order valence-electron chi connectivity index (χ0n) is 7.19. The summed E-state index contributed by atoms with van der Waals surface area (Å²) in [5.74, 6) is -0.0947. The van der Waals surface area contributed by atoms with Crippen LogP contribution >= 0.6 is 0 Å². The normalized spacial score (nSPS) is 10.0. The lowest BCUT2D eigenvalue weighted by Gasteiger charge is -1.95. The van der Waals surface area contributed by atoms with Crippen LogP contribution in [0.3, 0.4) is 0 Å². The summed E-state index contributed by atoms with van der Waals surface area (Å²) >= 11 is 0. The Morgan fingerprint density at radius 1 is 1.07 bits per heavy atom. The first kappa shape index (κ1) is 8.50. The minimum atomic E-state index is -0.482. The van der Waals surface area contributed by atoms with Crippen LogP contribution in [0.15, 0.2) is 45.6 Å². The van der Waals surface area contributed by atoms with Gasteiger partial charge < -0.3 is 8.83 Å². The van der Waals surface area contributed by atoms with Crippen LogP contribution in [0.25, 0.3) is 0 Å². The molecular weight excluding hydrogens is 182 g/mol. The third-order valence-electron chi connectivity index (χ3n) is 1.74. The number of carbonyl (C=O) groups excluding carboxylic acids is 1. The molecule has 4 nitrogen and oxygen atoms in total. The number of Topliss-reactive ketones (excluding diaryl/α,β-unsaturated/α-hetero) is 1. The molecule has 0 saturated carbocycles. The van der Waals surface area contributed by atoms with Crippen LogP contribution in [0.2, 0.25) is 0 Å². The molecule has 0 bridgehead atoms. The van der Waals surface area contributed by atoms with Gasteiger partial charge in [-0.3, -0.25) is 10.2 Å². The van der Waals surface area contributed by atoms with Gasteiger partial charge in [0, 0.05) is 0 Å². The molecule has 0 fully saturated rings. The molecule has 2 aromatic rings. The quantitative estimate of drug-likeness (QED) is 0.594. The van der Waals surface area contributed by atoms with E-state index in [0.717, 1.165) is 0 Å². The highest BCUT2D eigenvalue weighted by Crippen LogP contribution is 2.08. The van der Waals surface area contributed by atoms with Crippen molar-refractivity contribution in [2.75, 3.05) is 0 Å². The summed E-state index contributed by atoms with van der Waals surface area (Å²) in [7, 11) is 0. The van der Waals surface area contributed by atoms with Crippen molar-refractivity contribution in [3.63, 3.8) is 0 Å². The first-order valence-corrected chi connectivity index (χ1v) is 3.99. The highest BCUT2D eigenvalue weighted by molar-refractivity contribution is 6.49. The number of rotatable bonds is 3. The van der Waals surface area contributed by atoms with Crippen LogP contribution in [0, 0.1) is 5.41 Å². The Labute approximate surface area is 79.7 Å². The van der Waals surface area contributed by atoms with Crippen molar-refractivity contribution in [1.29, 1.82) is 5.41 Å². The summed E-state index contributed by atoms with van der Waals surface area (Å²) < 4.78 is 9.81. The van der Waals surface area contributed by atoms with Crippen molar-refractivity contribution in [1.82, 2.24) is 0 Å². The van der Waals surface area contributed by atoms with E-state index in [1.807, 2.05) is 0 Å². The van der Waals surface area contributed by atoms with E-state index < -0.39 is 5.78 Å². The van der Waals surface area contributed by atoms with Crippen molar-refractivity contribution < 1.29 is 13.6 Å². The van der Waals surface area contributed by atoms with Crippen molar-refractivity contribution >= 4 is 11.5 Å². The van der Waals surface area contributed by atoms with Crippen molar-refractivity contribution in [3.8, 4) is 0 Å². The molecule has 0 radical (unpaired) electrons. The molecule has 0 aromatic carbocycles. The fourth-order valence-electron chi connectivity index (χ4n) is 1.06. The van der Waals surface area contributed by atoms with E-state index in [0.29, 0.717) is 0 Å². The summed E-state index contributed by atoms with van der Waals surface area (Å²) in [5.41, 5.74) is -0.204. The first-order chi connectivity index (χ1) is 6.79. The topological polar surface area (TPSA) is 67.2 Å². The Morgan fingerprint density at radius 3 is 2.14 bits per heavy atom. The summed E-state index contributed by atoms with van der Waals surface area (Å²) in [5, 5.41) is 7.53. The van der Waals surface area contributed by atoms with Crippen molar-refractivity contribution in [2.45, 2.75) is 0 Å². The average Bonchev–Trinajstić information content (AvgIpc) is 2.87. The fraction of sp³-hybridized carbons (Fsp3) is 0. The van der Waals surface area contributed by atoms with Crippen LogP contribution in [-0.2, 0) is 0 Å². The van der Waals surface area contributed by atoms with Crippen LogP contribution in [0.1, 0.15) is 16.3 Å². The zero-order chi connectivity index (χ0) is 9.97. The minimum absolute atomic E-state index is 0.145. The van der Waals surface area contributed by atoms with E-state index in [4.69, 9.17) is 14.2 Å². The van der Waals surface area contributed by atoms with Crippen LogP contribution < -0.4 is 0 Å². The number of nitrogens with one attached hydrogen (secondary N) is 1. The summed E-state index contributed by atoms with van der Waals surface area (Å²) in [4.78, 5) is 11.5. The number of carbonyl (C=O) groups is 1. The number of furan rings is 2. The lowest BCUT2D eigenvalue weighted by molar-refractivity contribution is 0.104. The van der Waals surface area contributed by atoms with Gasteiger partial charge >= 0.3 is 0 Å². The molecule has 1 N–H and O–H groups in total. The van der Waals surface area contributed by atoms with E-state index in [9.17, 15) is 4.79 Å². The number of ketones is 1. The predicted octanol–water partition coefficient (Wildman–Crippen LogP) is 2.12. The largest absolute Gasteiger partial charge is 0.463 e. The van der Waals surface area contributed by atoms with Crippen LogP contribution in [0.4, 0.5) is 0 Å². The lowest BCUT2D eigenvalue weighted by Crippen LogP contribution is -2.12. The summed E-state index contributed by atoms with van der Waals surface area (Å²) in [6.45, 7) is 0. The highest BCUT2D eigenvalue weighted by atomic mass is 16.3. The molecule has 0 atom stereocenters. The van der Waals surface area contributed by atoms with Crippen molar-refractivity contribution in [3.05, 3.63) is 48.3 Å². The maximum Gasteiger partial charge on any atom is 0.249 e. The molecule has 2 aromatic heterocycles. The minimum Gasteiger partial charge on any atom is -0.463 e. The molecule has 4 heteroatoms. The first-order valence-electron chi connectivity index (χ1n) is 3.99. The van der Waals surface area contributed by atoms with E-state index in [2.05, 4.69) is 0 Å². The molecule has 0 saturated heterocycles. The molecule has 0 spiro atoms. The molecule has 2 rings (SSSR count). The van der Waals surface area contributed by atoms with E-state index in [-0.39, 0.29) is 17.2 Å². The van der Waals surface area contributed by atoms with Crippen molar-refractivity contribution in [2.24, 2.45) is 0 Å². The maximum atomic E-state index is 11.5. The van der Waals surface area contributed by atoms with Gasteiger partial charge in [0.1, 0.15) is 5.71 Å². The second-order valence-electron chi connectivity index (χ2n) is 2.66. The number of hydrogen-bond donors (Lipinski definition) is 1. The Balaban J connectivity index is 2.26. The third-order valence-corrected chi connectivity index (χ3v) is 1.74. The summed E-state index contributed by atoms with van der Waals surface area (Å²) in [6, 6.07) is 6.30. The van der Waals surface area contributed by atoms with E-state index in [1.54, 1.807) is 18.2 Å². The molecule has 14 heavy (non-hydrogen) atoms. The van der Waals surface area contributed by atoms with Gasteiger partial charge in [-0.25, -0.2) is 0 Å². The van der Waals surface area contributed by atoms with Crippen LogP contribution in [-0.4, -0.2) is 11.5 Å². The molecule has 70 valence electrons. The molecule has 2 heterocycles.